The maximum Gasteiger partial charge on any atom is 0.0931 e. The van der Waals surface area contributed by atoms with Crippen LogP contribution in [0.4, 0.5) is 0 Å². The third kappa shape index (κ3) is 2.68. The van der Waals surface area contributed by atoms with Crippen molar-refractivity contribution in [3.63, 3.8) is 0 Å². The SMILES string of the molecule is CC(c1ccc(Cl)s1)N1CCNC(C2CC2)C1. The van der Waals surface area contributed by atoms with E-state index in [1.165, 1.54) is 24.3 Å². The molecule has 2 aliphatic rings. The zero-order valence-electron chi connectivity index (χ0n) is 10.2. The highest BCUT2D eigenvalue weighted by molar-refractivity contribution is 7.16. The van der Waals surface area contributed by atoms with Gasteiger partial charge in [-0.15, -0.1) is 11.3 Å². The summed E-state index contributed by atoms with van der Waals surface area (Å²) in [6.07, 6.45) is 2.84. The zero-order valence-corrected chi connectivity index (χ0v) is 11.7. The summed E-state index contributed by atoms with van der Waals surface area (Å²) in [5.41, 5.74) is 0. The molecule has 1 aromatic rings. The summed E-state index contributed by atoms with van der Waals surface area (Å²) < 4.78 is 0.903. The first-order valence-electron chi connectivity index (χ1n) is 6.46. The van der Waals surface area contributed by atoms with E-state index in [-0.39, 0.29) is 0 Å². The monoisotopic (exact) mass is 270 g/mol. The van der Waals surface area contributed by atoms with Gasteiger partial charge in [-0.05, 0) is 37.8 Å². The van der Waals surface area contributed by atoms with Gasteiger partial charge in [0.25, 0.3) is 0 Å². The Bertz CT molecular complexity index is 389. The van der Waals surface area contributed by atoms with Gasteiger partial charge in [0, 0.05) is 36.6 Å². The van der Waals surface area contributed by atoms with Gasteiger partial charge < -0.3 is 5.32 Å². The molecule has 2 atom stereocenters. The van der Waals surface area contributed by atoms with E-state index < -0.39 is 0 Å². The van der Waals surface area contributed by atoms with Crippen LogP contribution in [0.25, 0.3) is 0 Å². The molecule has 3 rings (SSSR count). The molecular formula is C13H19ClN2S. The fourth-order valence-electron chi connectivity index (χ4n) is 2.70. The van der Waals surface area contributed by atoms with Crippen molar-refractivity contribution < 1.29 is 0 Å². The molecule has 2 fully saturated rings. The molecule has 0 aromatic carbocycles. The number of hydrogen-bond donors (Lipinski definition) is 1. The minimum absolute atomic E-state index is 0.510. The Balaban J connectivity index is 1.66. The summed E-state index contributed by atoms with van der Waals surface area (Å²) in [4.78, 5) is 3.99. The van der Waals surface area contributed by atoms with Crippen molar-refractivity contribution in [2.45, 2.75) is 31.8 Å². The highest BCUT2D eigenvalue weighted by Gasteiger charge is 2.35. The maximum atomic E-state index is 6.02. The Morgan fingerprint density at radius 1 is 1.47 bits per heavy atom. The van der Waals surface area contributed by atoms with Crippen LogP contribution < -0.4 is 5.32 Å². The van der Waals surface area contributed by atoms with Crippen molar-refractivity contribution >= 4 is 22.9 Å². The van der Waals surface area contributed by atoms with Crippen molar-refractivity contribution in [2.75, 3.05) is 19.6 Å². The Hall–Kier alpha value is -0.0900. The van der Waals surface area contributed by atoms with Gasteiger partial charge in [-0.25, -0.2) is 0 Å². The normalized spacial score (nSPS) is 28.2. The van der Waals surface area contributed by atoms with Crippen LogP contribution in [0.1, 0.15) is 30.7 Å². The smallest absolute Gasteiger partial charge is 0.0931 e. The van der Waals surface area contributed by atoms with Gasteiger partial charge in [-0.2, -0.15) is 0 Å². The summed E-state index contributed by atoms with van der Waals surface area (Å²) in [5.74, 6) is 0.942. The van der Waals surface area contributed by atoms with Crippen molar-refractivity contribution in [1.29, 1.82) is 0 Å². The second kappa shape index (κ2) is 4.88. The van der Waals surface area contributed by atoms with Gasteiger partial charge in [0.1, 0.15) is 0 Å². The topological polar surface area (TPSA) is 15.3 Å². The standard InChI is InChI=1S/C13H19ClN2S/c1-9(12-4-5-13(14)17-12)16-7-6-15-11(8-16)10-2-3-10/h4-5,9-11,15H,2-3,6-8H2,1H3. The lowest BCUT2D eigenvalue weighted by molar-refractivity contribution is 0.146. The number of halogens is 1. The Morgan fingerprint density at radius 3 is 2.94 bits per heavy atom. The van der Waals surface area contributed by atoms with Gasteiger partial charge in [0.05, 0.1) is 4.34 Å². The Labute approximate surface area is 112 Å². The van der Waals surface area contributed by atoms with Crippen LogP contribution >= 0.6 is 22.9 Å². The van der Waals surface area contributed by atoms with Crippen LogP contribution in [0, 0.1) is 5.92 Å². The van der Waals surface area contributed by atoms with Crippen molar-refractivity contribution in [2.24, 2.45) is 5.92 Å². The molecule has 2 heterocycles. The first-order chi connectivity index (χ1) is 8.24. The predicted octanol–water partition coefficient (Wildman–Crippen LogP) is 3.15. The molecule has 1 N–H and O–H groups in total. The lowest BCUT2D eigenvalue weighted by atomic mass is 10.1. The number of piperazine rings is 1. The molecule has 17 heavy (non-hydrogen) atoms. The first-order valence-corrected chi connectivity index (χ1v) is 7.66. The Morgan fingerprint density at radius 2 is 2.29 bits per heavy atom. The van der Waals surface area contributed by atoms with E-state index in [0.717, 1.165) is 29.4 Å². The number of hydrogen-bond acceptors (Lipinski definition) is 3. The largest absolute Gasteiger partial charge is 0.311 e. The number of rotatable bonds is 3. The summed E-state index contributed by atoms with van der Waals surface area (Å²) >= 11 is 7.74. The van der Waals surface area contributed by atoms with Gasteiger partial charge in [0.15, 0.2) is 0 Å². The molecule has 4 heteroatoms. The van der Waals surface area contributed by atoms with Crippen LogP contribution in [0.2, 0.25) is 4.34 Å². The lowest BCUT2D eigenvalue weighted by Gasteiger charge is -2.37. The van der Waals surface area contributed by atoms with Crippen molar-refractivity contribution in [3.05, 3.63) is 21.3 Å². The van der Waals surface area contributed by atoms with Gasteiger partial charge in [0.2, 0.25) is 0 Å². The first kappa shape index (κ1) is 12.0. The molecule has 1 saturated carbocycles. The van der Waals surface area contributed by atoms with Gasteiger partial charge in [-0.3, -0.25) is 4.90 Å². The molecule has 1 saturated heterocycles. The third-order valence-electron chi connectivity index (χ3n) is 3.98. The number of thiophene rings is 1. The quantitative estimate of drug-likeness (QED) is 0.908. The molecule has 1 aromatic heterocycles. The molecule has 0 radical (unpaired) electrons. The van der Waals surface area contributed by atoms with Crippen LogP contribution in [-0.2, 0) is 0 Å². The fraction of sp³-hybridized carbons (Fsp3) is 0.692. The zero-order chi connectivity index (χ0) is 11.8. The minimum atomic E-state index is 0.510. The molecule has 0 amide bonds. The van der Waals surface area contributed by atoms with E-state index in [2.05, 4.69) is 23.2 Å². The van der Waals surface area contributed by atoms with Crippen LogP contribution in [-0.4, -0.2) is 30.6 Å². The highest BCUT2D eigenvalue weighted by atomic mass is 35.5. The van der Waals surface area contributed by atoms with Crippen LogP contribution in [0.15, 0.2) is 12.1 Å². The average molecular weight is 271 g/mol. The molecule has 2 nitrogen and oxygen atoms in total. The average Bonchev–Trinajstić information content (AvgIpc) is 3.11. The molecule has 1 aliphatic heterocycles. The van der Waals surface area contributed by atoms with E-state index in [4.69, 9.17) is 11.6 Å². The second-order valence-corrected chi connectivity index (χ2v) is 6.96. The molecule has 0 spiro atoms. The summed E-state index contributed by atoms with van der Waals surface area (Å²) in [6, 6.07) is 5.42. The van der Waals surface area contributed by atoms with Crippen LogP contribution in [0.3, 0.4) is 0 Å². The molecule has 94 valence electrons. The third-order valence-corrected chi connectivity index (χ3v) is 5.38. The summed E-state index contributed by atoms with van der Waals surface area (Å²) in [7, 11) is 0. The minimum Gasteiger partial charge on any atom is -0.311 e. The van der Waals surface area contributed by atoms with E-state index in [0.29, 0.717) is 6.04 Å². The molecular weight excluding hydrogens is 252 g/mol. The molecule has 2 unspecified atom stereocenters. The number of nitrogens with zero attached hydrogens (tertiary/aromatic N) is 1. The van der Waals surface area contributed by atoms with Crippen molar-refractivity contribution in [1.82, 2.24) is 10.2 Å². The lowest BCUT2D eigenvalue weighted by Crippen LogP contribution is -2.52. The van der Waals surface area contributed by atoms with E-state index >= 15 is 0 Å². The summed E-state index contributed by atoms with van der Waals surface area (Å²) in [5, 5.41) is 3.66. The van der Waals surface area contributed by atoms with Crippen LogP contribution in [0.5, 0.6) is 0 Å². The second-order valence-electron chi connectivity index (χ2n) is 5.21. The van der Waals surface area contributed by atoms with E-state index in [1.807, 2.05) is 6.07 Å². The van der Waals surface area contributed by atoms with E-state index in [9.17, 15) is 0 Å². The fourth-order valence-corrected chi connectivity index (χ4v) is 3.85. The van der Waals surface area contributed by atoms with E-state index in [1.54, 1.807) is 11.3 Å². The van der Waals surface area contributed by atoms with Crippen molar-refractivity contribution in [3.8, 4) is 0 Å². The number of nitrogens with one attached hydrogen (secondary N) is 1. The van der Waals surface area contributed by atoms with Gasteiger partial charge in [-0.1, -0.05) is 11.6 Å². The molecule has 0 bridgehead atoms. The highest BCUT2D eigenvalue weighted by Crippen LogP contribution is 2.36. The summed E-state index contributed by atoms with van der Waals surface area (Å²) in [6.45, 7) is 5.78. The predicted molar refractivity (Wildman–Crippen MR) is 73.8 cm³/mol. The molecule has 1 aliphatic carbocycles. The Kier molecular flexibility index (Phi) is 3.44. The van der Waals surface area contributed by atoms with Gasteiger partial charge >= 0.3 is 0 Å². The maximum absolute atomic E-state index is 6.02.